The summed E-state index contributed by atoms with van der Waals surface area (Å²) >= 11 is 0. The van der Waals surface area contributed by atoms with Crippen molar-refractivity contribution < 1.29 is 9.31 Å². The molecule has 1 aromatic carbocycles. The van der Waals surface area contributed by atoms with Gasteiger partial charge in [-0.3, -0.25) is 0 Å². The van der Waals surface area contributed by atoms with Gasteiger partial charge in [0.15, 0.2) is 0 Å². The van der Waals surface area contributed by atoms with Gasteiger partial charge in [0.25, 0.3) is 0 Å². The molecule has 0 aliphatic carbocycles. The maximum absolute atomic E-state index is 6.03. The molecule has 0 aromatic heterocycles. The first-order valence-electron chi connectivity index (χ1n) is 7.28. The summed E-state index contributed by atoms with van der Waals surface area (Å²) in [6, 6.07) is 7.93. The van der Waals surface area contributed by atoms with Gasteiger partial charge in [-0.2, -0.15) is 0 Å². The van der Waals surface area contributed by atoms with Gasteiger partial charge >= 0.3 is 7.12 Å². The van der Waals surface area contributed by atoms with E-state index in [1.54, 1.807) is 0 Å². The molecule has 1 aromatic rings. The standard InChI is InChI=1S/C17H24BNO2/c1-15(2,19)12-11-13-7-9-14(10-8-13)18-20-16(3,4)17(5,6)21-18/h7-10H,19H2,1-6H3. The molecule has 1 aliphatic heterocycles. The zero-order chi connectivity index (χ0) is 15.9. The fourth-order valence-corrected chi connectivity index (χ4v) is 1.94. The van der Waals surface area contributed by atoms with Gasteiger partial charge in [0.2, 0.25) is 0 Å². The van der Waals surface area contributed by atoms with Crippen LogP contribution in [-0.2, 0) is 9.31 Å². The molecule has 112 valence electrons. The van der Waals surface area contributed by atoms with Gasteiger partial charge in [-0.25, -0.2) is 0 Å². The third kappa shape index (κ3) is 3.68. The lowest BCUT2D eigenvalue weighted by molar-refractivity contribution is 0.00578. The Hall–Kier alpha value is -1.28. The van der Waals surface area contributed by atoms with Crippen molar-refractivity contribution in [3.05, 3.63) is 29.8 Å². The largest absolute Gasteiger partial charge is 0.494 e. The van der Waals surface area contributed by atoms with Gasteiger partial charge in [0.1, 0.15) is 0 Å². The van der Waals surface area contributed by atoms with Gasteiger partial charge in [0.05, 0.1) is 16.7 Å². The van der Waals surface area contributed by atoms with Gasteiger partial charge in [-0.15, -0.1) is 0 Å². The van der Waals surface area contributed by atoms with Crippen LogP contribution >= 0.6 is 0 Å². The Kier molecular flexibility index (Phi) is 3.97. The normalized spacial score (nSPS) is 20.0. The van der Waals surface area contributed by atoms with Crippen LogP contribution in [0.25, 0.3) is 0 Å². The van der Waals surface area contributed by atoms with Crippen molar-refractivity contribution >= 4 is 12.6 Å². The number of benzene rings is 1. The third-order valence-corrected chi connectivity index (χ3v) is 3.97. The molecule has 3 nitrogen and oxygen atoms in total. The molecule has 0 saturated carbocycles. The van der Waals surface area contributed by atoms with E-state index in [4.69, 9.17) is 15.0 Å². The zero-order valence-corrected chi connectivity index (χ0v) is 13.8. The molecular weight excluding hydrogens is 261 g/mol. The van der Waals surface area contributed by atoms with Crippen LogP contribution in [0, 0.1) is 11.8 Å². The molecule has 0 radical (unpaired) electrons. The van der Waals surface area contributed by atoms with Gasteiger partial charge in [-0.1, -0.05) is 24.0 Å². The lowest BCUT2D eigenvalue weighted by Crippen LogP contribution is -2.41. The smallest absolute Gasteiger partial charge is 0.399 e. The van der Waals surface area contributed by atoms with Crippen LogP contribution in [-0.4, -0.2) is 23.9 Å². The van der Waals surface area contributed by atoms with E-state index in [9.17, 15) is 0 Å². The van der Waals surface area contributed by atoms with E-state index >= 15 is 0 Å². The van der Waals surface area contributed by atoms with Crippen LogP contribution < -0.4 is 11.2 Å². The molecule has 1 saturated heterocycles. The minimum Gasteiger partial charge on any atom is -0.399 e. The summed E-state index contributed by atoms with van der Waals surface area (Å²) in [4.78, 5) is 0. The van der Waals surface area contributed by atoms with Gasteiger partial charge < -0.3 is 15.0 Å². The fraction of sp³-hybridized carbons (Fsp3) is 0.529. The summed E-state index contributed by atoms with van der Waals surface area (Å²) in [6.45, 7) is 12.0. The van der Waals surface area contributed by atoms with Crippen molar-refractivity contribution in [2.24, 2.45) is 5.73 Å². The van der Waals surface area contributed by atoms with Gasteiger partial charge in [-0.05, 0) is 59.1 Å². The second-order valence-corrected chi connectivity index (χ2v) is 7.18. The Balaban J connectivity index is 2.16. The molecule has 1 heterocycles. The van der Waals surface area contributed by atoms with Crippen molar-refractivity contribution in [2.45, 2.75) is 58.3 Å². The summed E-state index contributed by atoms with van der Waals surface area (Å²) in [5, 5.41) is 0. The number of hydrogen-bond acceptors (Lipinski definition) is 3. The molecule has 1 aliphatic rings. The average Bonchev–Trinajstić information content (AvgIpc) is 2.56. The zero-order valence-electron chi connectivity index (χ0n) is 13.8. The maximum atomic E-state index is 6.03. The van der Waals surface area contributed by atoms with E-state index in [2.05, 4.69) is 39.5 Å². The lowest BCUT2D eigenvalue weighted by atomic mass is 9.79. The molecule has 0 spiro atoms. The highest BCUT2D eigenvalue weighted by Crippen LogP contribution is 2.36. The van der Waals surface area contributed by atoms with Crippen molar-refractivity contribution in [1.29, 1.82) is 0 Å². The van der Waals surface area contributed by atoms with Crippen molar-refractivity contribution in [3.63, 3.8) is 0 Å². The Morgan fingerprint density at radius 3 is 1.90 bits per heavy atom. The Labute approximate surface area is 128 Å². The van der Waals surface area contributed by atoms with Crippen molar-refractivity contribution in [3.8, 4) is 11.8 Å². The van der Waals surface area contributed by atoms with Gasteiger partial charge in [0, 0.05) is 5.56 Å². The monoisotopic (exact) mass is 285 g/mol. The van der Waals surface area contributed by atoms with Crippen LogP contribution in [0.3, 0.4) is 0 Å². The van der Waals surface area contributed by atoms with Crippen LogP contribution in [0.5, 0.6) is 0 Å². The second kappa shape index (κ2) is 5.17. The predicted molar refractivity (Wildman–Crippen MR) is 87.3 cm³/mol. The maximum Gasteiger partial charge on any atom is 0.494 e. The minimum absolute atomic E-state index is 0.320. The first-order valence-corrected chi connectivity index (χ1v) is 7.28. The molecule has 21 heavy (non-hydrogen) atoms. The molecule has 2 N–H and O–H groups in total. The number of rotatable bonds is 1. The summed E-state index contributed by atoms with van der Waals surface area (Å²) in [5.74, 6) is 6.10. The summed E-state index contributed by atoms with van der Waals surface area (Å²) < 4.78 is 12.1. The van der Waals surface area contributed by atoms with E-state index in [1.165, 1.54) is 0 Å². The number of nitrogens with two attached hydrogens (primary N) is 1. The van der Waals surface area contributed by atoms with E-state index in [1.807, 2.05) is 38.1 Å². The molecule has 0 amide bonds. The number of hydrogen-bond donors (Lipinski definition) is 1. The third-order valence-electron chi connectivity index (χ3n) is 3.97. The molecule has 4 heteroatoms. The SMILES string of the molecule is CC(C)(N)C#Cc1ccc(B2OC(C)(C)C(C)(C)O2)cc1. The van der Waals surface area contributed by atoms with E-state index < -0.39 is 5.54 Å². The quantitative estimate of drug-likeness (QED) is 0.634. The highest BCUT2D eigenvalue weighted by molar-refractivity contribution is 6.62. The molecule has 0 atom stereocenters. The fourth-order valence-electron chi connectivity index (χ4n) is 1.94. The molecule has 0 bridgehead atoms. The van der Waals surface area contributed by atoms with E-state index in [-0.39, 0.29) is 18.3 Å². The topological polar surface area (TPSA) is 44.5 Å². The lowest BCUT2D eigenvalue weighted by Gasteiger charge is -2.32. The summed E-state index contributed by atoms with van der Waals surface area (Å²) in [6.07, 6.45) is 0. The Morgan fingerprint density at radius 1 is 1.00 bits per heavy atom. The minimum atomic E-state index is -0.482. The summed E-state index contributed by atoms with van der Waals surface area (Å²) in [5.41, 5.74) is 6.68. The van der Waals surface area contributed by atoms with Crippen LogP contribution in [0.2, 0.25) is 0 Å². The van der Waals surface area contributed by atoms with Crippen molar-refractivity contribution in [1.82, 2.24) is 0 Å². The highest BCUT2D eigenvalue weighted by Gasteiger charge is 2.51. The second-order valence-electron chi connectivity index (χ2n) is 7.18. The first-order chi connectivity index (χ1) is 9.50. The van der Waals surface area contributed by atoms with Crippen LogP contribution in [0.1, 0.15) is 47.1 Å². The highest BCUT2D eigenvalue weighted by atomic mass is 16.7. The van der Waals surface area contributed by atoms with E-state index in [0.717, 1.165) is 11.0 Å². The molecule has 0 unspecified atom stereocenters. The Bertz CT molecular complexity index is 558. The molecule has 2 rings (SSSR count). The van der Waals surface area contributed by atoms with Crippen LogP contribution in [0.4, 0.5) is 0 Å². The van der Waals surface area contributed by atoms with Crippen molar-refractivity contribution in [2.75, 3.05) is 0 Å². The van der Waals surface area contributed by atoms with E-state index in [0.29, 0.717) is 0 Å². The Morgan fingerprint density at radius 2 is 1.48 bits per heavy atom. The average molecular weight is 285 g/mol. The first kappa shape index (κ1) is 16.1. The summed E-state index contributed by atoms with van der Waals surface area (Å²) in [7, 11) is -0.331. The molecule has 1 fully saturated rings. The molecular formula is C17H24BNO2. The van der Waals surface area contributed by atoms with Crippen LogP contribution in [0.15, 0.2) is 24.3 Å². The predicted octanol–water partition coefficient (Wildman–Crippen LogP) is 2.07.